The van der Waals surface area contributed by atoms with Gasteiger partial charge in [-0.25, -0.2) is 4.57 Å². The third-order valence-electron chi connectivity index (χ3n) is 3.56. The molecule has 2 rings (SSSR count). The zero-order chi connectivity index (χ0) is 21.3. The van der Waals surface area contributed by atoms with Crippen LogP contribution in [0.3, 0.4) is 0 Å². The summed E-state index contributed by atoms with van der Waals surface area (Å²) in [5.41, 5.74) is 2.25. The molecule has 0 aliphatic carbocycles. The largest absolute Gasteiger partial charge is 0.466 e. The Balaban J connectivity index is 0.000000696. The molecule has 10 heteroatoms. The van der Waals surface area contributed by atoms with E-state index in [-0.39, 0.29) is 0 Å². The normalized spacial score (nSPS) is 11.0. The molecule has 0 aliphatic heterocycles. The van der Waals surface area contributed by atoms with Crippen molar-refractivity contribution >= 4 is 50.2 Å². The van der Waals surface area contributed by atoms with Crippen LogP contribution in [-0.2, 0) is 4.57 Å². The Morgan fingerprint density at radius 2 is 1.57 bits per heavy atom. The van der Waals surface area contributed by atoms with Gasteiger partial charge in [-0.3, -0.25) is 0 Å². The van der Waals surface area contributed by atoms with Gasteiger partial charge in [0.1, 0.15) is 0 Å². The molecule has 0 heterocycles. The van der Waals surface area contributed by atoms with Crippen LogP contribution in [0.25, 0.3) is 11.6 Å². The van der Waals surface area contributed by atoms with Crippen molar-refractivity contribution in [3.8, 4) is 23.3 Å². The minimum atomic E-state index is -4.64. The monoisotopic (exact) mass is 415 g/mol. The van der Waals surface area contributed by atoms with Crippen LogP contribution < -0.4 is 17.0 Å². The zero-order valence-corrected chi connectivity index (χ0v) is 18.8. The predicted molar refractivity (Wildman–Crippen MR) is 106 cm³/mol. The van der Waals surface area contributed by atoms with Gasteiger partial charge in [-0.2, -0.15) is 0 Å². The molecule has 0 amide bonds. The molecule has 144 valence electrons. The van der Waals surface area contributed by atoms with Gasteiger partial charge in [-0.05, 0) is 0 Å². The number of rotatable bonds is 5. The molecular weight excluding hydrogens is 396 g/mol. The fourth-order valence-corrected chi connectivity index (χ4v) is 2.79. The van der Waals surface area contributed by atoms with E-state index in [2.05, 4.69) is 6.07 Å². The van der Waals surface area contributed by atoms with Gasteiger partial charge in [0.25, 0.3) is 0 Å². The maximum atomic E-state index is 9.50. The molecular formula is C18H19NNaO7P. The second-order valence-electron chi connectivity index (χ2n) is 5.48. The summed E-state index contributed by atoms with van der Waals surface area (Å²) < 4.78 is 26.0. The van der Waals surface area contributed by atoms with E-state index in [0.29, 0.717) is 17.1 Å². The molecule has 0 saturated heterocycles. The number of methoxy groups -OCH3 is 3. The average Bonchev–Trinajstić information content (AvgIpc) is 2.65. The number of hydrogen-bond donors (Lipinski definition) is 3. The summed E-state index contributed by atoms with van der Waals surface area (Å²) in [5.74, 6) is 2.09. The molecule has 0 aliphatic rings. The molecule has 0 radical (unpaired) electrons. The number of phosphoric acid groups is 1. The Hall–Kier alpha value is -1.82. The Bertz CT molecular complexity index is 926. The first kappa shape index (κ1) is 24.2. The molecule has 8 nitrogen and oxygen atoms in total. The van der Waals surface area contributed by atoms with E-state index >= 15 is 0 Å². The average molecular weight is 415 g/mol. The van der Waals surface area contributed by atoms with Gasteiger partial charge in [-0.15, -0.1) is 0 Å². The Morgan fingerprint density at radius 1 is 1.00 bits per heavy atom. The summed E-state index contributed by atoms with van der Waals surface area (Å²) in [5, 5.41) is 9.50. The molecule has 3 N–H and O–H groups in total. The molecule has 0 atom stereocenters. The van der Waals surface area contributed by atoms with Gasteiger partial charge in [-0.1, -0.05) is 0 Å². The summed E-state index contributed by atoms with van der Waals surface area (Å²) in [6.45, 7) is 0. The molecule has 0 saturated carbocycles. The van der Waals surface area contributed by atoms with Crippen molar-refractivity contribution in [2.24, 2.45) is 0 Å². The smallest absolute Gasteiger partial charge is 0.303 e. The molecule has 0 spiro atoms. The van der Waals surface area contributed by atoms with Gasteiger partial charge in [0, 0.05) is 0 Å². The van der Waals surface area contributed by atoms with Crippen LogP contribution in [0.2, 0.25) is 0 Å². The van der Waals surface area contributed by atoms with Crippen molar-refractivity contribution < 1.29 is 33.5 Å². The van der Waals surface area contributed by atoms with E-state index in [0.717, 1.165) is 44.8 Å². The van der Waals surface area contributed by atoms with Crippen molar-refractivity contribution in [1.82, 2.24) is 0 Å². The topological polar surface area (TPSA) is 129 Å². The second kappa shape index (κ2) is 11.2. The van der Waals surface area contributed by atoms with Crippen LogP contribution in [0.5, 0.6) is 17.2 Å². The molecule has 0 unspecified atom stereocenters. The van der Waals surface area contributed by atoms with Crippen LogP contribution >= 0.6 is 7.82 Å². The van der Waals surface area contributed by atoms with Crippen LogP contribution in [-0.4, -0.2) is 63.9 Å². The van der Waals surface area contributed by atoms with Crippen molar-refractivity contribution in [2.45, 2.75) is 0 Å². The summed E-state index contributed by atoms with van der Waals surface area (Å²) in [6.07, 6.45) is 1.84. The molecule has 0 bridgehead atoms. The Labute approximate surface area is 180 Å². The van der Waals surface area contributed by atoms with Crippen LogP contribution in [0.15, 0.2) is 36.4 Å². The number of benzene rings is 2. The first-order chi connectivity index (χ1) is 13.1. The standard InChI is InChI=1S/C18H16NO3.Na.H3O4P/c1-20-16-6-4-5-13(10-16)9-15(12-19)14-7-8-17(21-2)18(11-14)22-3;;1-5(2,3)4/h4-5,7-11H,1-3H3;;(H3,1,2,3,4). The maximum absolute atomic E-state index is 9.50. The summed E-state index contributed by atoms with van der Waals surface area (Å²) in [7, 11) is 0.177. The van der Waals surface area contributed by atoms with Gasteiger partial charge < -0.3 is 14.7 Å². The summed E-state index contributed by atoms with van der Waals surface area (Å²) >= 11 is 0.916. The van der Waals surface area contributed by atoms with E-state index < -0.39 is 7.82 Å². The fourth-order valence-electron chi connectivity index (χ4n) is 2.28. The first-order valence-electron chi connectivity index (χ1n) is 7.90. The van der Waals surface area contributed by atoms with Gasteiger partial charge in [0.05, 0.1) is 0 Å². The molecule has 0 aromatic heterocycles. The van der Waals surface area contributed by atoms with E-state index in [1.165, 1.54) is 2.81 Å². The molecule has 2 aromatic rings. The second-order valence-corrected chi connectivity index (χ2v) is 7.59. The van der Waals surface area contributed by atoms with Crippen molar-refractivity contribution in [3.05, 3.63) is 47.5 Å². The van der Waals surface area contributed by atoms with Gasteiger partial charge in [0.2, 0.25) is 0 Å². The molecule has 28 heavy (non-hydrogen) atoms. The minimum absolute atomic E-state index is 0.550. The SMILES string of the molecule is COc1cc(C=C(C#N)c2ccc(OC)c(OC)c2)cc[c]1[Na].O=P(O)(O)O. The fraction of sp³-hybridized carbons (Fsp3) is 0.167. The van der Waals surface area contributed by atoms with Crippen LogP contribution in [0.1, 0.15) is 11.1 Å². The number of ether oxygens (including phenoxy) is 3. The Morgan fingerprint density at radius 3 is 2.07 bits per heavy atom. The number of nitrogens with zero attached hydrogens (tertiary/aromatic N) is 1. The minimum Gasteiger partial charge on any atom is -0.303 e. The first-order valence-corrected chi connectivity index (χ1v) is 10.5. The van der Waals surface area contributed by atoms with E-state index in [4.69, 9.17) is 33.5 Å². The molecule has 0 fully saturated rings. The third kappa shape index (κ3) is 8.05. The third-order valence-corrected chi connectivity index (χ3v) is 4.38. The van der Waals surface area contributed by atoms with Gasteiger partial charge >= 0.3 is 162 Å². The number of nitriles is 1. The van der Waals surface area contributed by atoms with E-state index in [1.807, 2.05) is 30.3 Å². The number of hydrogen-bond acceptors (Lipinski definition) is 5. The van der Waals surface area contributed by atoms with Crippen molar-refractivity contribution in [1.29, 1.82) is 5.26 Å². The summed E-state index contributed by atoms with van der Waals surface area (Å²) in [6, 6.07) is 13.6. The van der Waals surface area contributed by atoms with Crippen molar-refractivity contribution in [3.63, 3.8) is 0 Å². The van der Waals surface area contributed by atoms with E-state index in [9.17, 15) is 5.26 Å². The maximum Gasteiger partial charge on any atom is 0.466 e. The van der Waals surface area contributed by atoms with E-state index in [1.54, 1.807) is 33.5 Å². The summed E-state index contributed by atoms with van der Waals surface area (Å²) in [4.78, 5) is 21.6. The van der Waals surface area contributed by atoms with Gasteiger partial charge in [0.15, 0.2) is 0 Å². The number of allylic oxidation sites excluding steroid dienone is 1. The predicted octanol–water partition coefficient (Wildman–Crippen LogP) is 1.64. The quantitative estimate of drug-likeness (QED) is 0.291. The Kier molecular flexibility index (Phi) is 9.73. The zero-order valence-electron chi connectivity index (χ0n) is 15.9. The van der Waals surface area contributed by atoms with Crippen molar-refractivity contribution in [2.75, 3.05) is 21.3 Å². The molecule has 2 aromatic carbocycles. The van der Waals surface area contributed by atoms with Crippen LogP contribution in [0.4, 0.5) is 0 Å². The van der Waals surface area contributed by atoms with Crippen LogP contribution in [0, 0.1) is 11.3 Å².